The van der Waals surface area contributed by atoms with Gasteiger partial charge in [-0.3, -0.25) is 5.41 Å². The number of aryl methyl sites for hydroxylation is 2. The molecular formula is C13H21N3S. The minimum atomic E-state index is -0.216. The number of aromatic nitrogens is 1. The maximum Gasteiger partial charge on any atom is 0.0965 e. The molecule has 0 bridgehead atoms. The molecule has 1 aromatic heterocycles. The number of hydrogen-bond acceptors (Lipinski definition) is 3. The number of nitrogens with one attached hydrogen (secondary N) is 1. The van der Waals surface area contributed by atoms with Crippen LogP contribution in [0.1, 0.15) is 31.5 Å². The number of nitrogens with two attached hydrogens (primary N) is 1. The zero-order valence-corrected chi connectivity index (χ0v) is 11.8. The Morgan fingerprint density at radius 3 is 2.59 bits per heavy atom. The van der Waals surface area contributed by atoms with Crippen molar-refractivity contribution in [3.63, 3.8) is 0 Å². The van der Waals surface area contributed by atoms with Crippen LogP contribution in [-0.2, 0) is 0 Å². The topological polar surface area (TPSA) is 62.8 Å². The highest BCUT2D eigenvalue weighted by Gasteiger charge is 2.21. The van der Waals surface area contributed by atoms with Crippen LogP contribution < -0.4 is 5.73 Å². The lowest BCUT2D eigenvalue weighted by molar-refractivity contribution is 0.500. The Hall–Kier alpha value is -1.03. The number of rotatable bonds is 5. The zero-order valence-electron chi connectivity index (χ0n) is 11.0. The van der Waals surface area contributed by atoms with Crippen LogP contribution in [0.4, 0.5) is 0 Å². The molecule has 0 radical (unpaired) electrons. The monoisotopic (exact) mass is 251 g/mol. The van der Waals surface area contributed by atoms with Gasteiger partial charge in [0, 0.05) is 16.9 Å². The van der Waals surface area contributed by atoms with Crippen LogP contribution in [0, 0.1) is 24.7 Å². The molecule has 4 heteroatoms. The van der Waals surface area contributed by atoms with Crippen LogP contribution in [0.3, 0.4) is 0 Å². The molecule has 17 heavy (non-hydrogen) atoms. The summed E-state index contributed by atoms with van der Waals surface area (Å²) in [5.74, 6) is 1.19. The largest absolute Gasteiger partial charge is 0.387 e. The van der Waals surface area contributed by atoms with Gasteiger partial charge >= 0.3 is 0 Å². The summed E-state index contributed by atoms with van der Waals surface area (Å²) >= 11 is 1.73. The van der Waals surface area contributed by atoms with Gasteiger partial charge in [-0.15, -0.1) is 11.8 Å². The fraction of sp³-hybridized carbons (Fsp3) is 0.538. The molecular weight excluding hydrogens is 230 g/mol. The summed E-state index contributed by atoms with van der Waals surface area (Å²) in [6.45, 7) is 8.10. The first-order chi connectivity index (χ1) is 7.81. The minimum absolute atomic E-state index is 0.216. The second kappa shape index (κ2) is 5.54. The summed E-state index contributed by atoms with van der Waals surface area (Å²) in [7, 11) is 0. The van der Waals surface area contributed by atoms with Gasteiger partial charge in [0.2, 0.25) is 0 Å². The molecule has 1 aromatic rings. The summed E-state index contributed by atoms with van der Waals surface area (Å²) in [5, 5.41) is 8.56. The Balaban J connectivity index is 2.54. The number of hydrogen-bond donors (Lipinski definition) is 2. The molecule has 0 saturated carbocycles. The molecule has 0 saturated heterocycles. The zero-order chi connectivity index (χ0) is 13.1. The molecule has 0 amide bonds. The molecule has 0 aliphatic rings. The van der Waals surface area contributed by atoms with Gasteiger partial charge in [0.1, 0.15) is 0 Å². The molecule has 0 atom stereocenters. The van der Waals surface area contributed by atoms with Crippen molar-refractivity contribution in [3.05, 3.63) is 23.4 Å². The molecule has 3 N–H and O–H groups in total. The van der Waals surface area contributed by atoms with Gasteiger partial charge in [0.25, 0.3) is 0 Å². The van der Waals surface area contributed by atoms with E-state index in [9.17, 15) is 0 Å². The molecule has 0 spiro atoms. The van der Waals surface area contributed by atoms with Crippen LogP contribution in [0.15, 0.2) is 17.2 Å². The SMILES string of the molecule is Cc1cc(C)nc(SCCC(C)(C)C(=N)N)c1. The standard InChI is InChI=1S/C13H21N3S/c1-9-7-10(2)16-11(8-9)17-6-5-13(3,4)12(14)15/h7-8H,5-6H2,1-4H3,(H3,14,15). The van der Waals surface area contributed by atoms with Crippen LogP contribution in [-0.4, -0.2) is 16.6 Å². The van der Waals surface area contributed by atoms with Crippen LogP contribution >= 0.6 is 11.8 Å². The maximum absolute atomic E-state index is 7.50. The average molecular weight is 251 g/mol. The lowest BCUT2D eigenvalue weighted by Gasteiger charge is -2.22. The van der Waals surface area contributed by atoms with E-state index in [1.54, 1.807) is 11.8 Å². The Morgan fingerprint density at radius 2 is 2.06 bits per heavy atom. The highest BCUT2D eigenvalue weighted by Crippen LogP contribution is 2.26. The fourth-order valence-electron chi connectivity index (χ4n) is 1.42. The number of pyridine rings is 1. The van der Waals surface area contributed by atoms with E-state index in [4.69, 9.17) is 11.1 Å². The number of amidine groups is 1. The first-order valence-corrected chi connectivity index (χ1v) is 6.72. The smallest absolute Gasteiger partial charge is 0.0965 e. The van der Waals surface area contributed by atoms with Gasteiger partial charge in [-0.05, 0) is 38.0 Å². The lowest BCUT2D eigenvalue weighted by Crippen LogP contribution is -2.31. The van der Waals surface area contributed by atoms with Gasteiger partial charge in [-0.2, -0.15) is 0 Å². The molecule has 1 heterocycles. The van der Waals surface area contributed by atoms with Crippen LogP contribution in [0.2, 0.25) is 0 Å². The predicted molar refractivity (Wildman–Crippen MR) is 74.7 cm³/mol. The second-order valence-electron chi connectivity index (χ2n) is 5.02. The van der Waals surface area contributed by atoms with Crippen molar-refractivity contribution in [3.8, 4) is 0 Å². The molecule has 0 aliphatic carbocycles. The van der Waals surface area contributed by atoms with Gasteiger partial charge in [0.05, 0.1) is 10.9 Å². The van der Waals surface area contributed by atoms with Crippen molar-refractivity contribution < 1.29 is 0 Å². The van der Waals surface area contributed by atoms with Crippen molar-refractivity contribution in [2.75, 3.05) is 5.75 Å². The van der Waals surface area contributed by atoms with Gasteiger partial charge in [-0.1, -0.05) is 13.8 Å². The number of nitrogens with zero attached hydrogens (tertiary/aromatic N) is 1. The molecule has 0 aliphatic heterocycles. The summed E-state index contributed by atoms with van der Waals surface area (Å²) in [4.78, 5) is 4.48. The van der Waals surface area contributed by atoms with Crippen molar-refractivity contribution in [2.45, 2.75) is 39.1 Å². The first-order valence-electron chi connectivity index (χ1n) is 5.74. The number of thioether (sulfide) groups is 1. The van der Waals surface area contributed by atoms with Crippen LogP contribution in [0.5, 0.6) is 0 Å². The summed E-state index contributed by atoms with van der Waals surface area (Å²) in [6.07, 6.45) is 0.891. The van der Waals surface area contributed by atoms with E-state index < -0.39 is 0 Å². The van der Waals surface area contributed by atoms with Gasteiger partial charge in [-0.25, -0.2) is 4.98 Å². The van der Waals surface area contributed by atoms with Gasteiger partial charge in [0.15, 0.2) is 0 Å². The van der Waals surface area contributed by atoms with Crippen molar-refractivity contribution >= 4 is 17.6 Å². The van der Waals surface area contributed by atoms with Gasteiger partial charge < -0.3 is 5.73 Å². The Labute approximate surface area is 108 Å². The fourth-order valence-corrected chi connectivity index (χ4v) is 2.72. The van der Waals surface area contributed by atoms with E-state index in [1.807, 2.05) is 20.8 Å². The van der Waals surface area contributed by atoms with E-state index in [0.717, 1.165) is 22.9 Å². The Kier molecular flexibility index (Phi) is 4.57. The van der Waals surface area contributed by atoms with Crippen molar-refractivity contribution in [2.24, 2.45) is 11.1 Å². The lowest BCUT2D eigenvalue weighted by atomic mass is 9.89. The first kappa shape index (κ1) is 14.0. The third-order valence-corrected chi connectivity index (χ3v) is 3.69. The summed E-state index contributed by atoms with van der Waals surface area (Å²) in [6, 6.07) is 4.17. The average Bonchev–Trinajstić information content (AvgIpc) is 2.15. The van der Waals surface area contributed by atoms with Crippen molar-refractivity contribution in [1.29, 1.82) is 5.41 Å². The quantitative estimate of drug-likeness (QED) is 0.480. The van der Waals surface area contributed by atoms with Crippen molar-refractivity contribution in [1.82, 2.24) is 4.98 Å². The molecule has 0 aromatic carbocycles. The third kappa shape index (κ3) is 4.38. The third-order valence-electron chi connectivity index (χ3n) is 2.78. The maximum atomic E-state index is 7.50. The van der Waals surface area contributed by atoms with Crippen LogP contribution in [0.25, 0.3) is 0 Å². The molecule has 3 nitrogen and oxygen atoms in total. The minimum Gasteiger partial charge on any atom is -0.387 e. The molecule has 0 fully saturated rings. The molecule has 0 unspecified atom stereocenters. The van der Waals surface area contributed by atoms with E-state index in [0.29, 0.717) is 0 Å². The second-order valence-corrected chi connectivity index (χ2v) is 6.14. The van der Waals surface area contributed by atoms with E-state index >= 15 is 0 Å². The predicted octanol–water partition coefficient (Wildman–Crippen LogP) is 3.14. The van der Waals surface area contributed by atoms with E-state index in [1.165, 1.54) is 5.56 Å². The summed E-state index contributed by atoms with van der Waals surface area (Å²) < 4.78 is 0. The highest BCUT2D eigenvalue weighted by atomic mass is 32.2. The molecule has 1 rings (SSSR count). The normalized spacial score (nSPS) is 11.5. The van der Waals surface area contributed by atoms with E-state index in [2.05, 4.69) is 24.0 Å². The Morgan fingerprint density at radius 1 is 1.41 bits per heavy atom. The van der Waals surface area contributed by atoms with E-state index in [-0.39, 0.29) is 11.3 Å². The Bertz CT molecular complexity index is 393. The summed E-state index contributed by atoms with van der Waals surface area (Å²) in [5.41, 5.74) is 7.64. The highest BCUT2D eigenvalue weighted by molar-refractivity contribution is 7.99. The molecule has 94 valence electrons.